The average molecular weight is 742 g/mol. The molecule has 0 fully saturated rings. The highest BCUT2D eigenvalue weighted by molar-refractivity contribution is 5.94. The molecule has 10 aromatic rings. The summed E-state index contributed by atoms with van der Waals surface area (Å²) in [4.78, 5) is 2.41. The quantitative estimate of drug-likeness (QED) is 0.146. The maximum absolute atomic E-state index is 6.29. The summed E-state index contributed by atoms with van der Waals surface area (Å²) in [5, 5.41) is 1.11. The lowest BCUT2D eigenvalue weighted by molar-refractivity contribution is 0.632. The second-order valence-electron chi connectivity index (χ2n) is 14.5. The number of furan rings is 1. The highest BCUT2D eigenvalue weighted by Gasteiger charge is 2.21. The molecule has 0 aliphatic carbocycles. The Hall–Kier alpha value is -7.68. The molecule has 58 heavy (non-hydrogen) atoms. The number of para-hydroxylation sites is 3. The fraction of sp³-hybridized carbons (Fsp3) is 0. The van der Waals surface area contributed by atoms with Crippen molar-refractivity contribution in [2.45, 2.75) is 0 Å². The van der Waals surface area contributed by atoms with Crippen LogP contribution in [0.1, 0.15) is 0 Å². The first-order chi connectivity index (χ1) is 28.8. The molecule has 0 saturated carbocycles. The number of hydrogen-bond acceptors (Lipinski definition) is 2. The maximum atomic E-state index is 6.29. The number of benzene rings is 9. The van der Waals surface area contributed by atoms with Gasteiger partial charge in [0.2, 0.25) is 0 Å². The summed E-state index contributed by atoms with van der Waals surface area (Å²) in [6, 6.07) is 84.2. The standard InChI is InChI=1S/C56H39NO/c1-3-15-40(16-4-1)41-29-33-46(34-30-41)51-22-11-13-25-54(51)57(53-24-12-10-21-50(53)44-17-5-2-6-18-44)48-37-35-43(36-38-48)42-27-31-45(32-28-42)49-20-8-9-23-52(49)56-39-47-19-7-14-26-55(47)58-56/h1-39H. The van der Waals surface area contributed by atoms with E-state index in [1.165, 1.54) is 22.3 Å². The fourth-order valence-corrected chi connectivity index (χ4v) is 8.03. The minimum Gasteiger partial charge on any atom is -0.456 e. The van der Waals surface area contributed by atoms with Crippen LogP contribution in [0, 0.1) is 0 Å². The molecule has 0 spiro atoms. The van der Waals surface area contributed by atoms with E-state index in [1.54, 1.807) is 0 Å². The molecule has 0 bridgehead atoms. The second kappa shape index (κ2) is 15.5. The molecule has 2 heteroatoms. The first-order valence-corrected chi connectivity index (χ1v) is 19.8. The minimum absolute atomic E-state index is 0.876. The van der Waals surface area contributed by atoms with E-state index in [0.717, 1.165) is 72.7 Å². The molecule has 2 nitrogen and oxygen atoms in total. The predicted octanol–water partition coefficient (Wildman–Crippen LogP) is 15.9. The van der Waals surface area contributed by atoms with Gasteiger partial charge in [-0.25, -0.2) is 0 Å². The van der Waals surface area contributed by atoms with E-state index in [1.807, 2.05) is 18.2 Å². The van der Waals surface area contributed by atoms with Crippen LogP contribution < -0.4 is 4.90 Å². The largest absolute Gasteiger partial charge is 0.456 e. The molecule has 0 radical (unpaired) electrons. The molecule has 0 atom stereocenters. The van der Waals surface area contributed by atoms with Crippen LogP contribution in [0.4, 0.5) is 17.1 Å². The summed E-state index contributed by atoms with van der Waals surface area (Å²) < 4.78 is 6.29. The third-order valence-corrected chi connectivity index (χ3v) is 11.0. The number of fused-ring (bicyclic) bond motifs is 1. The van der Waals surface area contributed by atoms with Gasteiger partial charge in [-0.3, -0.25) is 0 Å². The van der Waals surface area contributed by atoms with E-state index in [0.29, 0.717) is 0 Å². The third kappa shape index (κ3) is 6.78. The Morgan fingerprint density at radius 3 is 1.22 bits per heavy atom. The molecule has 0 aliphatic rings. The smallest absolute Gasteiger partial charge is 0.136 e. The van der Waals surface area contributed by atoms with Crippen molar-refractivity contribution < 1.29 is 4.42 Å². The van der Waals surface area contributed by atoms with E-state index in [-0.39, 0.29) is 0 Å². The van der Waals surface area contributed by atoms with Gasteiger partial charge < -0.3 is 9.32 Å². The maximum Gasteiger partial charge on any atom is 0.136 e. The average Bonchev–Trinajstić information content (AvgIpc) is 3.75. The zero-order chi connectivity index (χ0) is 38.7. The van der Waals surface area contributed by atoms with Crippen molar-refractivity contribution in [3.63, 3.8) is 0 Å². The van der Waals surface area contributed by atoms with Crippen molar-refractivity contribution in [1.29, 1.82) is 0 Å². The molecule has 9 aromatic carbocycles. The summed E-state index contributed by atoms with van der Waals surface area (Å²) >= 11 is 0. The van der Waals surface area contributed by atoms with Gasteiger partial charge in [0.05, 0.1) is 11.4 Å². The van der Waals surface area contributed by atoms with E-state index >= 15 is 0 Å². The van der Waals surface area contributed by atoms with Crippen molar-refractivity contribution >= 4 is 28.0 Å². The Labute approximate surface area is 339 Å². The SMILES string of the molecule is c1ccc(-c2ccc(-c3ccccc3N(c3ccc(-c4ccc(-c5ccccc5-c5cc6ccccc6o5)cc4)cc3)c3ccccc3-c3ccccc3)cc2)cc1. The summed E-state index contributed by atoms with van der Waals surface area (Å²) in [5.74, 6) is 0.876. The topological polar surface area (TPSA) is 16.4 Å². The van der Waals surface area contributed by atoms with Gasteiger partial charge in [0.1, 0.15) is 11.3 Å². The second-order valence-corrected chi connectivity index (χ2v) is 14.5. The number of hydrogen-bond donors (Lipinski definition) is 0. The summed E-state index contributed by atoms with van der Waals surface area (Å²) in [5.41, 5.74) is 17.0. The van der Waals surface area contributed by atoms with Crippen molar-refractivity contribution in [3.8, 4) is 67.0 Å². The Morgan fingerprint density at radius 1 is 0.276 bits per heavy atom. The Morgan fingerprint density at radius 2 is 0.655 bits per heavy atom. The molecular formula is C56H39NO. The van der Waals surface area contributed by atoms with Crippen LogP contribution in [0.25, 0.3) is 77.9 Å². The van der Waals surface area contributed by atoms with Gasteiger partial charge in [-0.1, -0.05) is 200 Å². The van der Waals surface area contributed by atoms with Crippen LogP contribution in [-0.4, -0.2) is 0 Å². The molecular weight excluding hydrogens is 703 g/mol. The zero-order valence-corrected chi connectivity index (χ0v) is 31.9. The molecule has 0 N–H and O–H groups in total. The molecule has 10 rings (SSSR count). The lowest BCUT2D eigenvalue weighted by Crippen LogP contribution is -2.12. The molecule has 0 saturated heterocycles. The Bertz CT molecular complexity index is 2930. The summed E-state index contributed by atoms with van der Waals surface area (Å²) in [6.45, 7) is 0. The minimum atomic E-state index is 0.876. The van der Waals surface area contributed by atoms with Gasteiger partial charge >= 0.3 is 0 Å². The van der Waals surface area contributed by atoms with Gasteiger partial charge in [-0.15, -0.1) is 0 Å². The zero-order valence-electron chi connectivity index (χ0n) is 31.9. The van der Waals surface area contributed by atoms with E-state index < -0.39 is 0 Å². The number of nitrogens with zero attached hydrogens (tertiary/aromatic N) is 1. The van der Waals surface area contributed by atoms with Crippen LogP contribution in [0.15, 0.2) is 241 Å². The predicted molar refractivity (Wildman–Crippen MR) is 244 cm³/mol. The highest BCUT2D eigenvalue weighted by Crippen LogP contribution is 2.45. The van der Waals surface area contributed by atoms with Gasteiger partial charge in [0.25, 0.3) is 0 Å². The Balaban J connectivity index is 1.02. The van der Waals surface area contributed by atoms with Crippen LogP contribution >= 0.6 is 0 Å². The Kier molecular flexibility index (Phi) is 9.27. The fourth-order valence-electron chi connectivity index (χ4n) is 8.03. The van der Waals surface area contributed by atoms with Crippen molar-refractivity contribution in [3.05, 3.63) is 237 Å². The van der Waals surface area contributed by atoms with Gasteiger partial charge in [-0.2, -0.15) is 0 Å². The van der Waals surface area contributed by atoms with Crippen LogP contribution in [0.2, 0.25) is 0 Å². The number of anilines is 3. The molecule has 0 aliphatic heterocycles. The van der Waals surface area contributed by atoms with Gasteiger partial charge in [-0.05, 0) is 80.9 Å². The van der Waals surface area contributed by atoms with Gasteiger partial charge in [0.15, 0.2) is 0 Å². The van der Waals surface area contributed by atoms with Crippen molar-refractivity contribution in [2.24, 2.45) is 0 Å². The molecule has 1 heterocycles. The van der Waals surface area contributed by atoms with E-state index in [4.69, 9.17) is 4.42 Å². The van der Waals surface area contributed by atoms with Crippen molar-refractivity contribution in [2.75, 3.05) is 4.90 Å². The van der Waals surface area contributed by atoms with E-state index in [2.05, 4.69) is 223 Å². The van der Waals surface area contributed by atoms with Crippen LogP contribution in [-0.2, 0) is 0 Å². The highest BCUT2D eigenvalue weighted by atomic mass is 16.3. The summed E-state index contributed by atoms with van der Waals surface area (Å²) in [6.07, 6.45) is 0. The first-order valence-electron chi connectivity index (χ1n) is 19.8. The van der Waals surface area contributed by atoms with Crippen molar-refractivity contribution in [1.82, 2.24) is 0 Å². The molecule has 274 valence electrons. The number of rotatable bonds is 9. The lowest BCUT2D eigenvalue weighted by Gasteiger charge is -2.30. The van der Waals surface area contributed by atoms with Crippen LogP contribution in [0.5, 0.6) is 0 Å². The lowest BCUT2D eigenvalue weighted by atomic mass is 9.95. The third-order valence-electron chi connectivity index (χ3n) is 11.0. The van der Waals surface area contributed by atoms with Gasteiger partial charge in [0, 0.05) is 27.8 Å². The normalized spacial score (nSPS) is 11.1. The molecule has 0 amide bonds. The molecule has 0 unspecified atom stereocenters. The first kappa shape index (κ1) is 34.8. The van der Waals surface area contributed by atoms with Crippen LogP contribution in [0.3, 0.4) is 0 Å². The monoisotopic (exact) mass is 741 g/mol. The van der Waals surface area contributed by atoms with E-state index in [9.17, 15) is 0 Å². The molecule has 1 aromatic heterocycles. The summed E-state index contributed by atoms with van der Waals surface area (Å²) in [7, 11) is 0.